The van der Waals surface area contributed by atoms with E-state index in [2.05, 4.69) is 16.9 Å². The molecule has 1 saturated carbocycles. The second-order valence-electron chi connectivity index (χ2n) is 4.85. The van der Waals surface area contributed by atoms with Crippen molar-refractivity contribution in [2.24, 2.45) is 0 Å². The third kappa shape index (κ3) is 2.83. The first-order valence-electron chi connectivity index (χ1n) is 6.88. The van der Waals surface area contributed by atoms with Gasteiger partial charge < -0.3 is 4.74 Å². The Kier molecular flexibility index (Phi) is 4.57. The molecule has 0 saturated heterocycles. The van der Waals surface area contributed by atoms with Gasteiger partial charge >= 0.3 is 0 Å². The fourth-order valence-electron chi connectivity index (χ4n) is 2.68. The van der Waals surface area contributed by atoms with Gasteiger partial charge in [0.25, 0.3) is 0 Å². The molecule has 0 N–H and O–H groups in total. The molecule has 3 nitrogen and oxygen atoms in total. The third-order valence-electron chi connectivity index (χ3n) is 3.60. The number of nitrogens with zero attached hydrogens (tertiary/aromatic N) is 2. The van der Waals surface area contributed by atoms with Crippen molar-refractivity contribution in [3.63, 3.8) is 0 Å². The predicted molar refractivity (Wildman–Crippen MR) is 72.8 cm³/mol. The predicted octanol–water partition coefficient (Wildman–Crippen LogP) is 3.89. The van der Waals surface area contributed by atoms with E-state index in [1.807, 2.05) is 13.0 Å². The van der Waals surface area contributed by atoms with Gasteiger partial charge in [-0.25, -0.2) is 9.97 Å². The average Bonchev–Trinajstić information content (AvgIpc) is 2.39. The Hall–Kier alpha value is -0.670. The van der Waals surface area contributed by atoms with Crippen molar-refractivity contribution < 1.29 is 4.74 Å². The minimum Gasteiger partial charge on any atom is -0.367 e. The number of hydrogen-bond acceptors (Lipinski definition) is 3. The standard InChI is InChI=1S/C14H21ClN2O/c1-3-11-10-12(15)17-13(16-11)14(18-4-2)8-6-5-7-9-14/h10H,3-9H2,1-2H3. The van der Waals surface area contributed by atoms with E-state index >= 15 is 0 Å². The molecule has 0 spiro atoms. The van der Waals surface area contributed by atoms with Crippen LogP contribution in [0.1, 0.15) is 57.5 Å². The zero-order chi connectivity index (χ0) is 13.0. The highest BCUT2D eigenvalue weighted by atomic mass is 35.5. The molecule has 0 amide bonds. The molecular formula is C14H21ClN2O. The molecule has 0 atom stereocenters. The quantitative estimate of drug-likeness (QED) is 0.777. The van der Waals surface area contributed by atoms with Crippen LogP contribution in [0.25, 0.3) is 0 Å². The Bertz CT molecular complexity index is 397. The fourth-order valence-corrected chi connectivity index (χ4v) is 2.89. The SMILES string of the molecule is CCOC1(c2nc(Cl)cc(CC)n2)CCCCC1. The van der Waals surface area contributed by atoms with E-state index < -0.39 is 0 Å². The smallest absolute Gasteiger partial charge is 0.162 e. The van der Waals surface area contributed by atoms with Crippen molar-refractivity contribution in [1.82, 2.24) is 9.97 Å². The summed E-state index contributed by atoms with van der Waals surface area (Å²) in [7, 11) is 0. The number of rotatable bonds is 4. The van der Waals surface area contributed by atoms with Crippen molar-refractivity contribution in [3.05, 3.63) is 22.7 Å². The lowest BCUT2D eigenvalue weighted by atomic mass is 9.83. The molecule has 1 heterocycles. The largest absolute Gasteiger partial charge is 0.367 e. The molecule has 2 rings (SSSR count). The highest BCUT2D eigenvalue weighted by Crippen LogP contribution is 2.39. The van der Waals surface area contributed by atoms with E-state index in [-0.39, 0.29) is 5.60 Å². The first-order chi connectivity index (χ1) is 8.70. The summed E-state index contributed by atoms with van der Waals surface area (Å²) in [6, 6.07) is 1.84. The lowest BCUT2D eigenvalue weighted by Crippen LogP contribution is -2.34. The summed E-state index contributed by atoms with van der Waals surface area (Å²) in [6.07, 6.45) is 6.51. The number of aryl methyl sites for hydroxylation is 1. The van der Waals surface area contributed by atoms with Gasteiger partial charge in [-0.15, -0.1) is 0 Å². The highest BCUT2D eigenvalue weighted by Gasteiger charge is 2.37. The van der Waals surface area contributed by atoms with Crippen molar-refractivity contribution in [1.29, 1.82) is 0 Å². The van der Waals surface area contributed by atoms with Gasteiger partial charge in [0.1, 0.15) is 10.8 Å². The molecule has 0 radical (unpaired) electrons. The normalized spacial score (nSPS) is 18.8. The molecule has 1 fully saturated rings. The van der Waals surface area contributed by atoms with Crippen LogP contribution in [0.2, 0.25) is 5.15 Å². The Morgan fingerprint density at radius 3 is 2.56 bits per heavy atom. The van der Waals surface area contributed by atoms with Gasteiger partial charge in [-0.2, -0.15) is 0 Å². The summed E-state index contributed by atoms with van der Waals surface area (Å²) in [5, 5.41) is 0.529. The maximum absolute atomic E-state index is 6.10. The second-order valence-corrected chi connectivity index (χ2v) is 5.23. The first kappa shape index (κ1) is 13.8. The maximum atomic E-state index is 6.10. The van der Waals surface area contributed by atoms with Crippen LogP contribution in [0.5, 0.6) is 0 Å². The molecule has 1 aromatic heterocycles. The van der Waals surface area contributed by atoms with E-state index in [9.17, 15) is 0 Å². The Labute approximate surface area is 114 Å². The van der Waals surface area contributed by atoms with Crippen LogP contribution < -0.4 is 0 Å². The molecule has 0 unspecified atom stereocenters. The summed E-state index contributed by atoms with van der Waals surface area (Å²) in [5.74, 6) is 0.786. The summed E-state index contributed by atoms with van der Waals surface area (Å²) in [4.78, 5) is 9.07. The molecular weight excluding hydrogens is 248 g/mol. The molecule has 1 aliphatic rings. The van der Waals surface area contributed by atoms with Crippen LogP contribution in [0.15, 0.2) is 6.07 Å². The Morgan fingerprint density at radius 2 is 1.94 bits per heavy atom. The van der Waals surface area contributed by atoms with Crippen LogP contribution >= 0.6 is 11.6 Å². The number of aromatic nitrogens is 2. The minimum absolute atomic E-state index is 0.304. The van der Waals surface area contributed by atoms with E-state index in [4.69, 9.17) is 16.3 Å². The van der Waals surface area contributed by atoms with Crippen LogP contribution in [0, 0.1) is 0 Å². The molecule has 0 aliphatic heterocycles. The van der Waals surface area contributed by atoms with Crippen molar-refractivity contribution in [2.45, 2.75) is 58.0 Å². The summed E-state index contributed by atoms with van der Waals surface area (Å²) >= 11 is 6.10. The molecule has 18 heavy (non-hydrogen) atoms. The Balaban J connectivity index is 2.37. The zero-order valence-electron chi connectivity index (χ0n) is 11.2. The number of ether oxygens (including phenoxy) is 1. The molecule has 0 aromatic carbocycles. The fraction of sp³-hybridized carbons (Fsp3) is 0.714. The van der Waals surface area contributed by atoms with Gasteiger partial charge in [-0.05, 0) is 32.3 Å². The van der Waals surface area contributed by atoms with Gasteiger partial charge in [-0.1, -0.05) is 37.8 Å². The Morgan fingerprint density at radius 1 is 1.22 bits per heavy atom. The van der Waals surface area contributed by atoms with Crippen molar-refractivity contribution >= 4 is 11.6 Å². The van der Waals surface area contributed by atoms with Crippen LogP contribution in [0.4, 0.5) is 0 Å². The maximum Gasteiger partial charge on any atom is 0.162 e. The summed E-state index contributed by atoms with van der Waals surface area (Å²) < 4.78 is 6.03. The van der Waals surface area contributed by atoms with Gasteiger partial charge in [0, 0.05) is 12.3 Å². The monoisotopic (exact) mass is 268 g/mol. The van der Waals surface area contributed by atoms with Crippen LogP contribution in [-0.4, -0.2) is 16.6 Å². The van der Waals surface area contributed by atoms with Crippen LogP contribution in [-0.2, 0) is 16.8 Å². The van der Waals surface area contributed by atoms with Crippen molar-refractivity contribution in [2.75, 3.05) is 6.61 Å². The molecule has 0 bridgehead atoms. The van der Waals surface area contributed by atoms with E-state index in [1.165, 1.54) is 19.3 Å². The molecule has 1 aromatic rings. The molecule has 1 aliphatic carbocycles. The van der Waals surface area contributed by atoms with Gasteiger partial charge in [0.2, 0.25) is 0 Å². The molecule has 100 valence electrons. The topological polar surface area (TPSA) is 35.0 Å². The second kappa shape index (κ2) is 5.98. The van der Waals surface area contributed by atoms with E-state index in [0.29, 0.717) is 11.8 Å². The van der Waals surface area contributed by atoms with E-state index in [0.717, 1.165) is 30.8 Å². The van der Waals surface area contributed by atoms with Crippen molar-refractivity contribution in [3.8, 4) is 0 Å². The lowest BCUT2D eigenvalue weighted by molar-refractivity contribution is -0.0768. The number of hydrogen-bond donors (Lipinski definition) is 0. The van der Waals surface area contributed by atoms with Gasteiger partial charge in [-0.3, -0.25) is 0 Å². The van der Waals surface area contributed by atoms with E-state index in [1.54, 1.807) is 0 Å². The number of halogens is 1. The minimum atomic E-state index is -0.304. The summed E-state index contributed by atoms with van der Waals surface area (Å²) in [5.41, 5.74) is 0.691. The zero-order valence-corrected chi connectivity index (χ0v) is 12.0. The van der Waals surface area contributed by atoms with Gasteiger partial charge in [0.15, 0.2) is 5.82 Å². The molecule has 4 heteroatoms. The van der Waals surface area contributed by atoms with Gasteiger partial charge in [0.05, 0.1) is 0 Å². The highest BCUT2D eigenvalue weighted by molar-refractivity contribution is 6.29. The average molecular weight is 269 g/mol. The van der Waals surface area contributed by atoms with Crippen LogP contribution in [0.3, 0.4) is 0 Å². The first-order valence-corrected chi connectivity index (χ1v) is 7.26. The lowest BCUT2D eigenvalue weighted by Gasteiger charge is -2.35. The summed E-state index contributed by atoms with van der Waals surface area (Å²) in [6.45, 7) is 4.80. The third-order valence-corrected chi connectivity index (χ3v) is 3.79.